The summed E-state index contributed by atoms with van der Waals surface area (Å²) in [5.74, 6) is -0.748. The van der Waals surface area contributed by atoms with Crippen molar-refractivity contribution in [1.29, 1.82) is 0 Å². The van der Waals surface area contributed by atoms with E-state index in [0.717, 1.165) is 34.7 Å². The Hall–Kier alpha value is -6.53. The number of phenols is 1. The number of nitrogens with two attached hydrogens (primary N) is 1. The van der Waals surface area contributed by atoms with E-state index in [4.69, 9.17) is 10.5 Å². The number of nitrogens with one attached hydrogen (secondary N) is 2. The highest BCUT2D eigenvalue weighted by molar-refractivity contribution is 7.13. The Labute approximate surface area is 380 Å². The molecule has 3 atom stereocenters. The van der Waals surface area contributed by atoms with Gasteiger partial charge in [0.2, 0.25) is 11.8 Å². The molecule has 1 aliphatic carbocycles. The van der Waals surface area contributed by atoms with Gasteiger partial charge in [-0.15, -0.1) is 21.5 Å². The highest BCUT2D eigenvalue weighted by atomic mass is 32.1. The summed E-state index contributed by atoms with van der Waals surface area (Å²) in [5, 5.41) is 44.1. The van der Waals surface area contributed by atoms with Gasteiger partial charge in [0.1, 0.15) is 29.7 Å². The molecular formula is C47H53FN10O6S. The lowest BCUT2D eigenvalue weighted by Gasteiger charge is -2.35. The number of hydrogen-bond donors (Lipinski definition) is 5. The fourth-order valence-electron chi connectivity index (χ4n) is 8.12. The van der Waals surface area contributed by atoms with Crippen molar-refractivity contribution in [3.8, 4) is 33.2 Å². The van der Waals surface area contributed by atoms with E-state index in [-0.39, 0.29) is 44.2 Å². The highest BCUT2D eigenvalue weighted by Crippen LogP contribution is 2.41. The van der Waals surface area contributed by atoms with Crippen LogP contribution in [0.3, 0.4) is 0 Å². The molecule has 3 amide bonds. The number of rotatable bonds is 13. The van der Waals surface area contributed by atoms with Gasteiger partial charge in [-0.2, -0.15) is 10.2 Å². The molecule has 2 aliphatic heterocycles. The topological polar surface area (TPSA) is 221 Å². The number of aryl methyl sites for hydroxylation is 1. The van der Waals surface area contributed by atoms with Crippen molar-refractivity contribution in [3.05, 3.63) is 89.6 Å². The molecule has 0 spiro atoms. The van der Waals surface area contributed by atoms with Crippen LogP contribution in [0.25, 0.3) is 21.7 Å². The van der Waals surface area contributed by atoms with Gasteiger partial charge in [-0.3, -0.25) is 14.4 Å². The lowest BCUT2D eigenvalue weighted by molar-refractivity contribution is -0.145. The van der Waals surface area contributed by atoms with Gasteiger partial charge in [-0.05, 0) is 84.8 Å². The van der Waals surface area contributed by atoms with Gasteiger partial charge in [0, 0.05) is 51.0 Å². The zero-order valence-electron chi connectivity index (χ0n) is 36.7. The van der Waals surface area contributed by atoms with Crippen molar-refractivity contribution in [2.24, 2.45) is 15.6 Å². The average Bonchev–Trinajstić information content (AvgIpc) is 3.70. The molecule has 6 N–H and O–H groups in total. The number of ether oxygens (including phenoxy) is 1. The van der Waals surface area contributed by atoms with E-state index in [1.807, 2.05) is 61.5 Å². The second kappa shape index (κ2) is 18.5. The van der Waals surface area contributed by atoms with Crippen LogP contribution >= 0.6 is 11.3 Å². The Bertz CT molecular complexity index is 2590. The van der Waals surface area contributed by atoms with E-state index in [0.29, 0.717) is 52.9 Å². The third-order valence-electron chi connectivity index (χ3n) is 12.1. The number of nitrogens with zero attached hydrogens (tertiary/aromatic N) is 7. The van der Waals surface area contributed by atoms with E-state index in [9.17, 15) is 29.0 Å². The Morgan fingerprint density at radius 2 is 1.77 bits per heavy atom. The molecule has 0 radical (unpaired) electrons. The second-order valence-corrected chi connectivity index (χ2v) is 18.8. The highest BCUT2D eigenvalue weighted by Gasteiger charge is 2.53. The molecule has 0 bridgehead atoms. The smallest absolute Gasteiger partial charge is 0.258 e. The summed E-state index contributed by atoms with van der Waals surface area (Å²) in [5.41, 5.74) is 10.6. The standard InChI is InChI=1S/C47H53FN10O6S/c1-27-40(65-26-51-27)28-9-10-29(24-50-43(61)38-22-31(59)25-58(38)44(62)41(46(2,3)4)52-45(63)47(48)17-18-47)35(21-28)54-53-30-11-13-32(14-12-30)64-33-15-19-57(20-16-33)37-23-36(55-56-42(37)49)34-7-5-6-8-39(34)60/h5-14,21,23,26,31,33,38,41,59-60H,15-20,22,24-25H2,1-4H3,(H2,49,56)(H,50,61)(H,52,63)/t31-,38+,41+/m0/s1. The molecular weight excluding hydrogens is 852 g/mol. The van der Waals surface area contributed by atoms with Crippen molar-refractivity contribution in [2.75, 3.05) is 30.3 Å². The monoisotopic (exact) mass is 904 g/mol. The number of aliphatic hydroxyl groups is 1. The molecule has 3 aromatic carbocycles. The van der Waals surface area contributed by atoms with E-state index in [2.05, 4.69) is 40.9 Å². The van der Waals surface area contributed by atoms with Gasteiger partial charge in [0.05, 0.1) is 44.9 Å². The Morgan fingerprint density at radius 1 is 1.03 bits per heavy atom. The molecule has 5 aromatic rings. The fourth-order valence-corrected chi connectivity index (χ4v) is 8.92. The zero-order valence-corrected chi connectivity index (χ0v) is 37.5. The summed E-state index contributed by atoms with van der Waals surface area (Å²) in [6.07, 6.45) is 0.708. The molecule has 2 aromatic heterocycles. The quantitative estimate of drug-likeness (QED) is 0.0762. The Kier molecular flexibility index (Phi) is 12.8. The number of β-amino-alcohol motifs (C(OH)–C–C–N with tert-alkyl or cyclic N) is 1. The van der Waals surface area contributed by atoms with Crippen LogP contribution in [-0.2, 0) is 20.9 Å². The number of aromatic nitrogens is 3. The van der Waals surface area contributed by atoms with E-state index in [1.165, 1.54) is 16.2 Å². The first-order chi connectivity index (χ1) is 31.1. The third-order valence-corrected chi connectivity index (χ3v) is 13.0. The predicted molar refractivity (Wildman–Crippen MR) is 245 cm³/mol. The number of halogens is 1. The van der Waals surface area contributed by atoms with Gasteiger partial charge in [0.25, 0.3) is 5.91 Å². The van der Waals surface area contributed by atoms with Crippen LogP contribution in [-0.4, -0.2) is 97.6 Å². The number of alkyl halides is 1. The van der Waals surface area contributed by atoms with Crippen LogP contribution in [0, 0.1) is 12.3 Å². The summed E-state index contributed by atoms with van der Waals surface area (Å²) in [4.78, 5) is 49.3. The number of aliphatic hydroxyl groups excluding tert-OH is 1. The number of amides is 3. The van der Waals surface area contributed by atoms with E-state index >= 15 is 0 Å². The number of carbonyl (C=O) groups is 3. The normalized spacial score (nSPS) is 19.0. The molecule has 3 fully saturated rings. The fraction of sp³-hybridized carbons (Fsp3) is 0.404. The van der Waals surface area contributed by atoms with Crippen molar-refractivity contribution in [3.63, 3.8) is 0 Å². The minimum Gasteiger partial charge on any atom is -0.507 e. The minimum absolute atomic E-state index is 0.00560. The zero-order chi connectivity index (χ0) is 46.0. The third kappa shape index (κ3) is 10.2. The number of phenolic OH excluding ortho intramolecular Hbond substituents is 1. The molecule has 65 heavy (non-hydrogen) atoms. The van der Waals surface area contributed by atoms with E-state index < -0.39 is 47.0 Å². The molecule has 8 rings (SSSR count). The maximum absolute atomic E-state index is 14.7. The summed E-state index contributed by atoms with van der Waals surface area (Å²) < 4.78 is 21.0. The van der Waals surface area contributed by atoms with Crippen LogP contribution in [0.15, 0.2) is 88.5 Å². The molecule has 2 saturated heterocycles. The first-order valence-corrected chi connectivity index (χ1v) is 22.6. The summed E-state index contributed by atoms with van der Waals surface area (Å²) in [6.45, 7) is 8.52. The summed E-state index contributed by atoms with van der Waals surface area (Å²) in [6, 6.07) is 19.7. The van der Waals surface area contributed by atoms with Gasteiger partial charge in [-0.1, -0.05) is 45.0 Å². The Balaban J connectivity index is 0.919. The van der Waals surface area contributed by atoms with Crippen LogP contribution in [0.4, 0.5) is 27.3 Å². The number of thiazole rings is 1. The van der Waals surface area contributed by atoms with Crippen molar-refractivity contribution in [2.45, 2.75) is 96.3 Å². The first-order valence-electron chi connectivity index (χ1n) is 21.7. The van der Waals surface area contributed by atoms with Gasteiger partial charge < -0.3 is 41.1 Å². The number of azo groups is 1. The number of piperidine rings is 1. The number of carbonyl (C=O) groups excluding carboxylic acids is 3. The predicted octanol–water partition coefficient (Wildman–Crippen LogP) is 6.94. The largest absolute Gasteiger partial charge is 0.507 e. The summed E-state index contributed by atoms with van der Waals surface area (Å²) in [7, 11) is 0. The van der Waals surface area contributed by atoms with Gasteiger partial charge in [0.15, 0.2) is 11.5 Å². The number of benzene rings is 3. The maximum atomic E-state index is 14.7. The van der Waals surface area contributed by atoms with Crippen LogP contribution in [0.5, 0.6) is 11.5 Å². The van der Waals surface area contributed by atoms with Crippen LogP contribution in [0.2, 0.25) is 0 Å². The van der Waals surface area contributed by atoms with Crippen LogP contribution < -0.4 is 26.0 Å². The number of anilines is 2. The van der Waals surface area contributed by atoms with Crippen molar-refractivity contribution < 1.29 is 33.7 Å². The lowest BCUT2D eigenvalue weighted by atomic mass is 9.85. The Morgan fingerprint density at radius 3 is 2.45 bits per heavy atom. The van der Waals surface area contributed by atoms with Crippen molar-refractivity contribution >= 4 is 51.9 Å². The molecule has 340 valence electrons. The minimum atomic E-state index is -1.98. The average molecular weight is 905 g/mol. The number of likely N-dealkylation sites (tertiary alicyclic amines) is 1. The maximum Gasteiger partial charge on any atom is 0.258 e. The number of para-hydroxylation sites is 1. The van der Waals surface area contributed by atoms with Gasteiger partial charge >= 0.3 is 0 Å². The van der Waals surface area contributed by atoms with Crippen molar-refractivity contribution in [1.82, 2.24) is 30.7 Å². The molecule has 18 heteroatoms. The van der Waals surface area contributed by atoms with Gasteiger partial charge in [-0.25, -0.2) is 9.37 Å². The molecule has 0 unspecified atom stereocenters. The van der Waals surface area contributed by atoms with Crippen LogP contribution in [0.1, 0.15) is 64.1 Å². The summed E-state index contributed by atoms with van der Waals surface area (Å²) >= 11 is 1.50. The SMILES string of the molecule is Cc1ncsc1-c1ccc(CNC(=O)[C@H]2C[C@H](O)CN2C(=O)[C@@H](NC(=O)C2(F)CC2)C(C)(C)C)c(N=Nc2ccc(OC3CCN(c4cc(-c5ccccc5O)nnc4N)CC3)cc2)c1. The molecule has 4 heterocycles. The number of aromatic hydroxyl groups is 1. The number of hydrogen-bond acceptors (Lipinski definition) is 14. The van der Waals surface area contributed by atoms with E-state index in [1.54, 1.807) is 44.5 Å². The molecule has 3 aliphatic rings. The molecule has 1 saturated carbocycles. The second-order valence-electron chi connectivity index (χ2n) is 18.0. The lowest BCUT2D eigenvalue weighted by Crippen LogP contribution is -2.59. The molecule has 16 nitrogen and oxygen atoms in total. The number of nitrogen functional groups attached to an aromatic ring is 1. The first kappa shape index (κ1) is 45.1.